The molecule has 0 aromatic carbocycles. The molecule has 1 aliphatic rings. The van der Waals surface area contributed by atoms with E-state index in [1.165, 1.54) is 0 Å². The van der Waals surface area contributed by atoms with Crippen LogP contribution in [0.25, 0.3) is 0 Å². The maximum Gasteiger partial charge on any atom is 0.408 e. The number of rotatable bonds is 6. The van der Waals surface area contributed by atoms with Gasteiger partial charge in [0.1, 0.15) is 17.5 Å². The quantitative estimate of drug-likeness (QED) is 0.586. The lowest BCUT2D eigenvalue weighted by molar-refractivity contribution is -0.119. The first-order valence-electron chi connectivity index (χ1n) is 11.8. The molecule has 2 heterocycles. The van der Waals surface area contributed by atoms with Crippen LogP contribution in [0.3, 0.4) is 0 Å². The van der Waals surface area contributed by atoms with E-state index in [9.17, 15) is 9.59 Å². The number of aromatic nitrogens is 3. The molecule has 8 heteroatoms. The topological polar surface area (TPSA) is 109 Å². The predicted molar refractivity (Wildman–Crippen MR) is 128 cm³/mol. The van der Waals surface area contributed by atoms with E-state index in [0.29, 0.717) is 18.2 Å². The fourth-order valence-corrected chi connectivity index (χ4v) is 4.35. The number of amides is 2. The number of hydrogen-bond acceptors (Lipinski definition) is 5. The van der Waals surface area contributed by atoms with E-state index in [1.807, 2.05) is 46.8 Å². The van der Waals surface area contributed by atoms with Gasteiger partial charge in [0.05, 0.1) is 5.69 Å². The van der Waals surface area contributed by atoms with Gasteiger partial charge in [0.2, 0.25) is 5.91 Å². The summed E-state index contributed by atoms with van der Waals surface area (Å²) in [6.07, 6.45) is 5.68. The minimum atomic E-state index is -0.670. The van der Waals surface area contributed by atoms with Crippen LogP contribution in [-0.4, -0.2) is 38.8 Å². The Morgan fingerprint density at radius 2 is 1.91 bits per heavy atom. The van der Waals surface area contributed by atoms with Gasteiger partial charge < -0.3 is 15.4 Å². The van der Waals surface area contributed by atoms with Crippen molar-refractivity contribution in [2.45, 2.75) is 85.3 Å². The molecule has 0 unspecified atom stereocenters. The molecule has 8 nitrogen and oxygen atoms in total. The zero-order valence-electron chi connectivity index (χ0n) is 20.6. The van der Waals surface area contributed by atoms with E-state index in [4.69, 9.17) is 4.74 Å². The lowest BCUT2D eigenvalue weighted by Crippen LogP contribution is -2.50. The Balaban J connectivity index is 1.73. The number of pyridine rings is 1. The number of aromatic amines is 1. The Bertz CT molecular complexity index is 951. The fraction of sp³-hybridized carbons (Fsp3) is 0.600. The van der Waals surface area contributed by atoms with Gasteiger partial charge in [0.25, 0.3) is 0 Å². The van der Waals surface area contributed by atoms with E-state index in [2.05, 4.69) is 32.7 Å². The highest BCUT2D eigenvalue weighted by Gasteiger charge is 2.34. The van der Waals surface area contributed by atoms with Crippen LogP contribution >= 0.6 is 0 Å². The van der Waals surface area contributed by atoms with Crippen molar-refractivity contribution in [3.8, 4) is 0 Å². The smallest absolute Gasteiger partial charge is 0.408 e. The molecule has 0 aliphatic heterocycles. The second-order valence-electron chi connectivity index (χ2n) is 10.3. The Morgan fingerprint density at radius 3 is 2.52 bits per heavy atom. The minimum Gasteiger partial charge on any atom is -0.444 e. The first-order chi connectivity index (χ1) is 15.5. The molecular weight excluding hydrogens is 418 g/mol. The first kappa shape index (κ1) is 24.7. The van der Waals surface area contributed by atoms with E-state index in [1.54, 1.807) is 6.20 Å². The van der Waals surface area contributed by atoms with Crippen LogP contribution in [-0.2, 0) is 16.0 Å². The molecular formula is C25H37N5O3. The van der Waals surface area contributed by atoms with Crippen LogP contribution in [0.1, 0.15) is 75.9 Å². The number of aryl methyl sites for hydroxylation is 2. The monoisotopic (exact) mass is 455 g/mol. The molecule has 33 heavy (non-hydrogen) atoms. The molecule has 180 valence electrons. The summed E-state index contributed by atoms with van der Waals surface area (Å²) in [5.41, 5.74) is 3.52. The van der Waals surface area contributed by atoms with Crippen LogP contribution in [0.15, 0.2) is 18.3 Å². The summed E-state index contributed by atoms with van der Waals surface area (Å²) >= 11 is 0. The van der Waals surface area contributed by atoms with Crippen molar-refractivity contribution >= 4 is 17.8 Å². The summed E-state index contributed by atoms with van der Waals surface area (Å²) in [6, 6.07) is 3.13. The summed E-state index contributed by atoms with van der Waals surface area (Å²) < 4.78 is 5.43. The van der Waals surface area contributed by atoms with Crippen LogP contribution in [0.2, 0.25) is 0 Å². The van der Waals surface area contributed by atoms with E-state index < -0.39 is 17.7 Å². The van der Waals surface area contributed by atoms with Gasteiger partial charge in [-0.15, -0.1) is 0 Å². The third kappa shape index (κ3) is 7.04. The normalized spacial score (nSPS) is 19.6. The lowest BCUT2D eigenvalue weighted by Gasteiger charge is -2.32. The average Bonchev–Trinajstić information content (AvgIpc) is 3.04. The number of H-pyrrole nitrogens is 1. The minimum absolute atomic E-state index is 0.0631. The van der Waals surface area contributed by atoms with Crippen molar-refractivity contribution in [1.82, 2.24) is 20.5 Å². The number of nitrogens with one attached hydrogen (secondary N) is 3. The number of nitrogens with zero attached hydrogens (tertiary/aromatic N) is 2. The van der Waals surface area contributed by atoms with Gasteiger partial charge in [0, 0.05) is 23.9 Å². The largest absolute Gasteiger partial charge is 0.444 e. The Morgan fingerprint density at radius 1 is 1.21 bits per heavy atom. The highest BCUT2D eigenvalue weighted by atomic mass is 16.6. The van der Waals surface area contributed by atoms with Gasteiger partial charge in [-0.05, 0) is 77.0 Å². The predicted octanol–water partition coefficient (Wildman–Crippen LogP) is 4.67. The third-order valence-electron chi connectivity index (χ3n) is 6.22. The van der Waals surface area contributed by atoms with Gasteiger partial charge in [-0.1, -0.05) is 19.8 Å². The molecule has 0 saturated heterocycles. The molecule has 0 radical (unpaired) electrons. The van der Waals surface area contributed by atoms with Gasteiger partial charge in [-0.25, -0.2) is 9.78 Å². The van der Waals surface area contributed by atoms with Crippen molar-refractivity contribution in [1.29, 1.82) is 0 Å². The average molecular weight is 456 g/mol. The summed E-state index contributed by atoms with van der Waals surface area (Å²) in [5, 5.41) is 13.0. The van der Waals surface area contributed by atoms with Crippen molar-refractivity contribution in [2.75, 3.05) is 5.32 Å². The SMILES string of the molecule is Cc1n[nH]c(C)c1Cc1ccnc(NC(=O)[C@@H](NC(=O)OC(C)(C)C)C2CCC(C)CC2)c1. The second kappa shape index (κ2) is 10.4. The maximum atomic E-state index is 13.3. The van der Waals surface area contributed by atoms with Gasteiger partial charge in [0.15, 0.2) is 0 Å². The molecule has 0 spiro atoms. The Labute approximate surface area is 196 Å². The fourth-order valence-electron chi connectivity index (χ4n) is 4.35. The molecule has 2 aromatic heterocycles. The van der Waals surface area contributed by atoms with E-state index >= 15 is 0 Å². The van der Waals surface area contributed by atoms with Gasteiger partial charge in [-0.2, -0.15) is 5.10 Å². The lowest BCUT2D eigenvalue weighted by atomic mass is 9.79. The molecule has 0 bridgehead atoms. The zero-order valence-corrected chi connectivity index (χ0v) is 20.6. The highest BCUT2D eigenvalue weighted by molar-refractivity contribution is 5.96. The Kier molecular flexibility index (Phi) is 7.76. The molecule has 1 saturated carbocycles. The standard InChI is InChI=1S/C25H37N5O3/c1-15-7-9-19(10-8-15)22(28-24(32)33-25(4,5)6)23(31)27-21-14-18(11-12-26-21)13-20-16(2)29-30-17(20)3/h11-12,14-15,19,22H,7-10,13H2,1-6H3,(H,28,32)(H,29,30)(H,26,27,31)/t15?,19?,22-/m0/s1. The number of carbonyl (C=O) groups is 2. The highest BCUT2D eigenvalue weighted by Crippen LogP contribution is 2.31. The van der Waals surface area contributed by atoms with E-state index in [-0.39, 0.29) is 11.8 Å². The van der Waals surface area contributed by atoms with E-state index in [0.717, 1.165) is 48.2 Å². The molecule has 1 aliphatic carbocycles. The summed E-state index contributed by atoms with van der Waals surface area (Å²) in [5.74, 6) is 0.907. The molecule has 2 aromatic rings. The van der Waals surface area contributed by atoms with Crippen molar-refractivity contribution in [2.24, 2.45) is 11.8 Å². The van der Waals surface area contributed by atoms with Crippen LogP contribution in [0.4, 0.5) is 10.6 Å². The number of hydrogen-bond donors (Lipinski definition) is 3. The summed E-state index contributed by atoms with van der Waals surface area (Å²) in [7, 11) is 0. The second-order valence-corrected chi connectivity index (χ2v) is 10.3. The van der Waals surface area contributed by atoms with Gasteiger partial charge in [-0.3, -0.25) is 9.89 Å². The Hall–Kier alpha value is -2.90. The van der Waals surface area contributed by atoms with Crippen LogP contribution in [0, 0.1) is 25.7 Å². The third-order valence-corrected chi connectivity index (χ3v) is 6.22. The summed E-state index contributed by atoms with van der Waals surface area (Å²) in [6.45, 7) is 11.6. The van der Waals surface area contributed by atoms with Crippen LogP contribution in [0.5, 0.6) is 0 Å². The molecule has 2 amide bonds. The van der Waals surface area contributed by atoms with Gasteiger partial charge >= 0.3 is 6.09 Å². The number of ether oxygens (including phenoxy) is 1. The molecule has 3 N–H and O–H groups in total. The first-order valence-corrected chi connectivity index (χ1v) is 11.8. The molecule has 1 fully saturated rings. The van der Waals surface area contributed by atoms with Crippen molar-refractivity contribution in [3.05, 3.63) is 40.8 Å². The molecule has 1 atom stereocenters. The van der Waals surface area contributed by atoms with Crippen molar-refractivity contribution < 1.29 is 14.3 Å². The number of carbonyl (C=O) groups excluding carboxylic acids is 2. The number of alkyl carbamates (subject to hydrolysis) is 1. The molecule has 3 rings (SSSR count). The zero-order chi connectivity index (χ0) is 24.2. The van der Waals surface area contributed by atoms with Crippen molar-refractivity contribution in [3.63, 3.8) is 0 Å². The maximum absolute atomic E-state index is 13.3. The number of anilines is 1. The summed E-state index contributed by atoms with van der Waals surface area (Å²) in [4.78, 5) is 30.1. The van der Waals surface area contributed by atoms with Crippen LogP contribution < -0.4 is 10.6 Å².